The molecule has 0 N–H and O–H groups in total. The van der Waals surface area contributed by atoms with Crippen LogP contribution in [0, 0.1) is 11.8 Å². The summed E-state index contributed by atoms with van der Waals surface area (Å²) in [6.07, 6.45) is -4.40. The number of carbonyl (C=O) groups excluding carboxylic acids is 1. The minimum atomic E-state index is -4.68. The topological polar surface area (TPSA) is 38.8 Å². The predicted octanol–water partition coefficient (Wildman–Crippen LogP) is 7.71. The van der Waals surface area contributed by atoms with E-state index in [0.717, 1.165) is 44.2 Å². The van der Waals surface area contributed by atoms with Gasteiger partial charge >= 0.3 is 18.3 Å². The third-order valence-corrected chi connectivity index (χ3v) is 9.08. The normalized spacial score (nSPS) is 27.9. The Morgan fingerprint density at radius 1 is 0.925 bits per heavy atom. The van der Waals surface area contributed by atoms with Crippen LogP contribution in [-0.2, 0) is 22.1 Å². The van der Waals surface area contributed by atoms with Gasteiger partial charge in [0.15, 0.2) is 0 Å². The van der Waals surface area contributed by atoms with E-state index in [1.807, 2.05) is 0 Å². The molecule has 4 nitrogen and oxygen atoms in total. The zero-order chi connectivity index (χ0) is 28.7. The van der Waals surface area contributed by atoms with Crippen molar-refractivity contribution in [1.29, 1.82) is 0 Å². The fourth-order valence-corrected chi connectivity index (χ4v) is 7.05. The average Bonchev–Trinajstić information content (AvgIpc) is 2.89. The number of ether oxygens (including phenoxy) is 2. The highest BCUT2D eigenvalue weighted by atomic mass is 19.4. The Kier molecular flexibility index (Phi) is 8.28. The summed E-state index contributed by atoms with van der Waals surface area (Å²) in [4.78, 5) is 14.6. The number of piperidine rings is 2. The van der Waals surface area contributed by atoms with E-state index >= 15 is 0 Å². The van der Waals surface area contributed by atoms with Crippen molar-refractivity contribution in [1.82, 2.24) is 4.90 Å². The number of carbonyl (C=O) groups is 1. The SMILES string of the molecule is COC(=O)C1CC2CCC[C@@H](C1)N2CCc1ccc2c(C(F)(F)F)c(O[C@H]3CC[C@@H](C(F)(F)F)CC3)ccc2c1. The van der Waals surface area contributed by atoms with Crippen LogP contribution in [0.1, 0.15) is 68.9 Å². The number of nitrogens with zero attached hydrogens (tertiary/aromatic N) is 1. The van der Waals surface area contributed by atoms with E-state index in [9.17, 15) is 31.1 Å². The smallest absolute Gasteiger partial charge is 0.420 e. The molecule has 40 heavy (non-hydrogen) atoms. The molecule has 2 aliphatic heterocycles. The van der Waals surface area contributed by atoms with Crippen LogP contribution in [0.4, 0.5) is 26.3 Å². The summed E-state index contributed by atoms with van der Waals surface area (Å²) in [5, 5.41) is 0.469. The van der Waals surface area contributed by atoms with Crippen LogP contribution in [-0.4, -0.2) is 48.9 Å². The third-order valence-electron chi connectivity index (χ3n) is 9.08. The largest absolute Gasteiger partial charge is 0.490 e. The van der Waals surface area contributed by atoms with Crippen molar-refractivity contribution < 1.29 is 40.6 Å². The fourth-order valence-electron chi connectivity index (χ4n) is 7.05. The van der Waals surface area contributed by atoms with Gasteiger partial charge in [0.05, 0.1) is 25.0 Å². The minimum absolute atomic E-state index is 0.0217. The predicted molar refractivity (Wildman–Crippen MR) is 138 cm³/mol. The first-order chi connectivity index (χ1) is 18.9. The number of alkyl halides is 6. The molecule has 0 spiro atoms. The molecule has 3 aliphatic rings. The highest BCUT2D eigenvalue weighted by Crippen LogP contribution is 2.44. The molecule has 1 saturated carbocycles. The van der Waals surface area contributed by atoms with Crippen LogP contribution in [0.25, 0.3) is 10.8 Å². The van der Waals surface area contributed by atoms with Gasteiger partial charge in [-0.15, -0.1) is 0 Å². The molecular formula is C30H35F6NO3. The fraction of sp³-hybridized carbons (Fsp3) is 0.633. The summed E-state index contributed by atoms with van der Waals surface area (Å²) in [6, 6.07) is 8.48. The lowest BCUT2D eigenvalue weighted by Gasteiger charge is -2.48. The highest BCUT2D eigenvalue weighted by Gasteiger charge is 2.43. The second-order valence-corrected chi connectivity index (χ2v) is 11.5. The molecule has 2 heterocycles. The molecule has 0 radical (unpaired) electrons. The number of hydrogen-bond acceptors (Lipinski definition) is 4. The molecule has 2 aromatic rings. The Morgan fingerprint density at radius 3 is 2.20 bits per heavy atom. The lowest BCUT2D eigenvalue weighted by molar-refractivity contribution is -0.185. The number of halogens is 6. The van der Waals surface area contributed by atoms with Crippen molar-refractivity contribution in [2.24, 2.45) is 11.8 Å². The number of rotatable bonds is 6. The van der Waals surface area contributed by atoms with Gasteiger partial charge in [0, 0.05) is 18.6 Å². The van der Waals surface area contributed by atoms with Gasteiger partial charge in [-0.05, 0) is 80.2 Å². The third kappa shape index (κ3) is 6.21. The van der Waals surface area contributed by atoms with Crippen molar-refractivity contribution in [3.63, 3.8) is 0 Å². The van der Waals surface area contributed by atoms with E-state index in [2.05, 4.69) is 4.90 Å². The average molecular weight is 572 g/mol. The Morgan fingerprint density at radius 2 is 1.60 bits per heavy atom. The van der Waals surface area contributed by atoms with E-state index in [1.165, 1.54) is 19.2 Å². The van der Waals surface area contributed by atoms with Gasteiger partial charge in [0.2, 0.25) is 0 Å². The first-order valence-electron chi connectivity index (χ1n) is 14.1. The summed E-state index contributed by atoms with van der Waals surface area (Å²) in [5.41, 5.74) is 0.0434. The van der Waals surface area contributed by atoms with E-state index in [1.54, 1.807) is 18.2 Å². The highest BCUT2D eigenvalue weighted by molar-refractivity contribution is 5.89. The first kappa shape index (κ1) is 29.0. The van der Waals surface area contributed by atoms with Gasteiger partial charge in [0.1, 0.15) is 11.3 Å². The van der Waals surface area contributed by atoms with Gasteiger partial charge in [0.25, 0.3) is 0 Å². The van der Waals surface area contributed by atoms with Gasteiger partial charge in [-0.25, -0.2) is 0 Å². The number of esters is 1. The summed E-state index contributed by atoms with van der Waals surface area (Å²) >= 11 is 0. The molecule has 2 saturated heterocycles. The van der Waals surface area contributed by atoms with Crippen molar-refractivity contribution >= 4 is 16.7 Å². The van der Waals surface area contributed by atoms with Crippen LogP contribution in [0.5, 0.6) is 5.75 Å². The maximum absolute atomic E-state index is 14.2. The van der Waals surface area contributed by atoms with Gasteiger partial charge in [-0.3, -0.25) is 9.69 Å². The van der Waals surface area contributed by atoms with Crippen LogP contribution in [0.2, 0.25) is 0 Å². The quantitative estimate of drug-likeness (QED) is 0.263. The van der Waals surface area contributed by atoms with E-state index in [-0.39, 0.29) is 48.7 Å². The number of fused-ring (bicyclic) bond motifs is 3. The second-order valence-electron chi connectivity index (χ2n) is 11.5. The molecular weight excluding hydrogens is 536 g/mol. The number of benzene rings is 2. The summed E-state index contributed by atoms with van der Waals surface area (Å²) < 4.78 is 92.3. The van der Waals surface area contributed by atoms with Crippen LogP contribution in [0.15, 0.2) is 30.3 Å². The lowest BCUT2D eigenvalue weighted by atomic mass is 9.78. The first-order valence-corrected chi connectivity index (χ1v) is 14.1. The zero-order valence-electron chi connectivity index (χ0n) is 22.5. The lowest BCUT2D eigenvalue weighted by Crippen LogP contribution is -2.53. The van der Waals surface area contributed by atoms with Crippen molar-refractivity contribution in [2.45, 2.75) is 94.7 Å². The molecule has 0 aromatic heterocycles. The number of methoxy groups -OCH3 is 1. The van der Waals surface area contributed by atoms with Gasteiger partial charge < -0.3 is 9.47 Å². The molecule has 2 aromatic carbocycles. The molecule has 5 rings (SSSR count). The van der Waals surface area contributed by atoms with Crippen molar-refractivity contribution in [3.05, 3.63) is 41.5 Å². The monoisotopic (exact) mass is 571 g/mol. The van der Waals surface area contributed by atoms with Crippen molar-refractivity contribution in [2.75, 3.05) is 13.7 Å². The summed E-state index contributed by atoms with van der Waals surface area (Å²) in [6.45, 7) is 0.767. The molecule has 1 aliphatic carbocycles. The molecule has 10 heteroatoms. The van der Waals surface area contributed by atoms with Gasteiger partial charge in [-0.2, -0.15) is 26.3 Å². The Labute approximate surface area is 230 Å². The molecule has 0 amide bonds. The molecule has 3 fully saturated rings. The van der Waals surface area contributed by atoms with E-state index in [4.69, 9.17) is 9.47 Å². The molecule has 3 atom stereocenters. The Bertz CT molecular complexity index is 1190. The molecule has 2 bridgehead atoms. The minimum Gasteiger partial charge on any atom is -0.490 e. The van der Waals surface area contributed by atoms with Crippen molar-refractivity contribution in [3.8, 4) is 5.75 Å². The van der Waals surface area contributed by atoms with Crippen LogP contribution < -0.4 is 4.74 Å². The maximum atomic E-state index is 14.2. The van der Waals surface area contributed by atoms with Gasteiger partial charge in [-0.1, -0.05) is 30.7 Å². The summed E-state index contributed by atoms with van der Waals surface area (Å²) in [5.74, 6) is -1.98. The zero-order valence-corrected chi connectivity index (χ0v) is 22.5. The second kappa shape index (κ2) is 11.4. The molecule has 2 unspecified atom stereocenters. The summed E-state index contributed by atoms with van der Waals surface area (Å²) in [7, 11) is 1.42. The van der Waals surface area contributed by atoms with E-state index < -0.39 is 29.9 Å². The van der Waals surface area contributed by atoms with E-state index in [0.29, 0.717) is 23.9 Å². The Balaban J connectivity index is 1.29. The Hall–Kier alpha value is -2.49. The van der Waals surface area contributed by atoms with Crippen LogP contribution in [0.3, 0.4) is 0 Å². The number of hydrogen-bond donors (Lipinski definition) is 0. The standard InChI is InChI=1S/C30H35F6NO3/c1-39-28(38)20-16-22-3-2-4-23(17-20)37(22)14-13-18-5-11-25-19(15-18)6-12-26(27(25)30(34,35)36)40-24-9-7-21(8-10-24)29(31,32)33/h5-6,11-12,15,20-24H,2-4,7-10,13-14,16-17H2,1H3/t20?,21-,22-,23?,24+/m0/s1. The van der Waals surface area contributed by atoms with Crippen LogP contribution >= 0.6 is 0 Å². The molecule has 220 valence electrons. The maximum Gasteiger partial charge on any atom is 0.420 e.